The Balaban J connectivity index is 2.15. The summed E-state index contributed by atoms with van der Waals surface area (Å²) in [5, 5.41) is 4.51. The van der Waals surface area contributed by atoms with Crippen molar-refractivity contribution in [1.29, 1.82) is 0 Å². The first-order valence-electron chi connectivity index (χ1n) is 6.95. The lowest BCUT2D eigenvalue weighted by Gasteiger charge is -2.22. The molecule has 1 aromatic carbocycles. The Kier molecular flexibility index (Phi) is 2.44. The molecule has 3 rings (SSSR count). The molecule has 0 fully saturated rings. The lowest BCUT2D eigenvalue weighted by atomic mass is 9.82. The van der Waals surface area contributed by atoms with Crippen LogP contribution in [0.5, 0.6) is 0 Å². The maximum Gasteiger partial charge on any atom is 0.0923 e. The first-order chi connectivity index (χ1) is 8.79. The van der Waals surface area contributed by atoms with Crippen molar-refractivity contribution < 1.29 is 0 Å². The molecule has 0 atom stereocenters. The van der Waals surface area contributed by atoms with Crippen LogP contribution in [-0.4, -0.2) is 9.78 Å². The molecular weight excluding hydrogens is 232 g/mol. The van der Waals surface area contributed by atoms with Crippen molar-refractivity contribution in [2.45, 2.75) is 44.9 Å². The van der Waals surface area contributed by atoms with Crippen molar-refractivity contribution in [2.24, 2.45) is 7.05 Å². The minimum absolute atomic E-state index is 0.254. The van der Waals surface area contributed by atoms with E-state index in [9.17, 15) is 0 Å². The zero-order valence-corrected chi connectivity index (χ0v) is 12.5. The SMILES string of the molecule is Cn1ccc(-c2ccc3c(c2)C(C)(C)CC3(C)C)n1. The summed E-state index contributed by atoms with van der Waals surface area (Å²) in [6, 6.07) is 8.93. The van der Waals surface area contributed by atoms with E-state index in [4.69, 9.17) is 0 Å². The minimum Gasteiger partial charge on any atom is -0.275 e. The fraction of sp³-hybridized carbons (Fsp3) is 0.471. The molecule has 0 saturated carbocycles. The Morgan fingerprint density at radius 2 is 1.68 bits per heavy atom. The summed E-state index contributed by atoms with van der Waals surface area (Å²) in [5.74, 6) is 0. The van der Waals surface area contributed by atoms with Gasteiger partial charge in [0.15, 0.2) is 0 Å². The van der Waals surface area contributed by atoms with Crippen LogP contribution in [0.25, 0.3) is 11.3 Å². The molecule has 100 valence electrons. The molecule has 0 spiro atoms. The molecule has 0 radical (unpaired) electrons. The standard InChI is InChI=1S/C17H22N2/c1-16(2)11-17(3,4)14-10-12(6-7-13(14)16)15-8-9-19(5)18-15/h6-10H,11H2,1-5H3. The average Bonchev–Trinajstić information content (AvgIpc) is 2.80. The van der Waals surface area contributed by atoms with Gasteiger partial charge in [-0.2, -0.15) is 5.10 Å². The molecule has 1 aromatic heterocycles. The second-order valence-corrected chi connectivity index (χ2v) is 7.08. The van der Waals surface area contributed by atoms with Crippen LogP contribution in [0.2, 0.25) is 0 Å². The van der Waals surface area contributed by atoms with Crippen LogP contribution in [0.1, 0.15) is 45.2 Å². The van der Waals surface area contributed by atoms with Crippen molar-refractivity contribution >= 4 is 0 Å². The highest BCUT2D eigenvalue weighted by molar-refractivity contribution is 5.63. The summed E-state index contributed by atoms with van der Waals surface area (Å²) in [6.07, 6.45) is 3.21. The predicted octanol–water partition coefficient (Wildman–Crippen LogP) is 4.05. The molecule has 1 heterocycles. The van der Waals surface area contributed by atoms with E-state index < -0.39 is 0 Å². The van der Waals surface area contributed by atoms with Crippen LogP contribution in [0.4, 0.5) is 0 Å². The van der Waals surface area contributed by atoms with Gasteiger partial charge in [-0.3, -0.25) is 4.68 Å². The number of hydrogen-bond acceptors (Lipinski definition) is 1. The first kappa shape index (κ1) is 12.5. The van der Waals surface area contributed by atoms with E-state index in [1.54, 1.807) is 0 Å². The molecule has 0 bridgehead atoms. The molecule has 0 saturated heterocycles. The average molecular weight is 254 g/mol. The van der Waals surface area contributed by atoms with Crippen molar-refractivity contribution in [2.75, 3.05) is 0 Å². The van der Waals surface area contributed by atoms with E-state index >= 15 is 0 Å². The van der Waals surface area contributed by atoms with Crippen LogP contribution in [0.3, 0.4) is 0 Å². The number of aromatic nitrogens is 2. The fourth-order valence-electron chi connectivity index (χ4n) is 3.72. The normalized spacial score (nSPS) is 19.4. The Morgan fingerprint density at radius 1 is 1.00 bits per heavy atom. The molecule has 2 nitrogen and oxygen atoms in total. The summed E-state index contributed by atoms with van der Waals surface area (Å²) >= 11 is 0. The van der Waals surface area contributed by atoms with Crippen molar-refractivity contribution in [3.8, 4) is 11.3 Å². The smallest absolute Gasteiger partial charge is 0.0923 e. The molecule has 0 unspecified atom stereocenters. The number of hydrogen-bond donors (Lipinski definition) is 0. The fourth-order valence-corrected chi connectivity index (χ4v) is 3.72. The van der Waals surface area contributed by atoms with E-state index in [-0.39, 0.29) is 10.8 Å². The van der Waals surface area contributed by atoms with Gasteiger partial charge in [0, 0.05) is 18.8 Å². The van der Waals surface area contributed by atoms with E-state index in [1.807, 2.05) is 17.9 Å². The third-order valence-electron chi connectivity index (χ3n) is 4.37. The number of aryl methyl sites for hydroxylation is 1. The van der Waals surface area contributed by atoms with Gasteiger partial charge in [0.1, 0.15) is 0 Å². The van der Waals surface area contributed by atoms with Gasteiger partial charge in [0.25, 0.3) is 0 Å². The summed E-state index contributed by atoms with van der Waals surface area (Å²) in [6.45, 7) is 9.40. The zero-order chi connectivity index (χ0) is 13.8. The molecule has 1 aliphatic rings. The Labute approximate surface area is 115 Å². The first-order valence-corrected chi connectivity index (χ1v) is 6.95. The van der Waals surface area contributed by atoms with Crippen molar-refractivity contribution in [1.82, 2.24) is 9.78 Å². The second-order valence-electron chi connectivity index (χ2n) is 7.08. The molecule has 2 heteroatoms. The topological polar surface area (TPSA) is 17.8 Å². The number of fused-ring (bicyclic) bond motifs is 1. The van der Waals surface area contributed by atoms with E-state index in [1.165, 1.54) is 23.1 Å². The molecule has 0 amide bonds. The lowest BCUT2D eigenvalue weighted by Crippen LogP contribution is -2.17. The van der Waals surface area contributed by atoms with E-state index in [0.717, 1.165) is 5.69 Å². The molecule has 0 N–H and O–H groups in total. The van der Waals surface area contributed by atoms with Crippen molar-refractivity contribution in [3.05, 3.63) is 41.6 Å². The van der Waals surface area contributed by atoms with Gasteiger partial charge >= 0.3 is 0 Å². The van der Waals surface area contributed by atoms with Gasteiger partial charge in [-0.15, -0.1) is 0 Å². The van der Waals surface area contributed by atoms with Crippen molar-refractivity contribution in [3.63, 3.8) is 0 Å². The van der Waals surface area contributed by atoms with E-state index in [0.29, 0.717) is 0 Å². The highest BCUT2D eigenvalue weighted by atomic mass is 15.2. The molecule has 2 aromatic rings. The van der Waals surface area contributed by atoms with Gasteiger partial charge in [-0.05, 0) is 40.5 Å². The van der Waals surface area contributed by atoms with Gasteiger partial charge in [0.2, 0.25) is 0 Å². The summed E-state index contributed by atoms with van der Waals surface area (Å²) in [7, 11) is 1.96. The van der Waals surface area contributed by atoms with Crippen LogP contribution in [0.15, 0.2) is 30.5 Å². The van der Waals surface area contributed by atoms with Gasteiger partial charge in [0.05, 0.1) is 5.69 Å². The highest BCUT2D eigenvalue weighted by Crippen LogP contribution is 2.49. The largest absolute Gasteiger partial charge is 0.275 e. The monoisotopic (exact) mass is 254 g/mol. The molecule has 19 heavy (non-hydrogen) atoms. The Morgan fingerprint density at radius 3 is 2.32 bits per heavy atom. The third-order valence-corrected chi connectivity index (χ3v) is 4.37. The Bertz CT molecular complexity index is 632. The summed E-state index contributed by atoms with van der Waals surface area (Å²) < 4.78 is 1.86. The number of rotatable bonds is 1. The lowest BCUT2D eigenvalue weighted by molar-refractivity contribution is 0.403. The van der Waals surface area contributed by atoms with Gasteiger partial charge < -0.3 is 0 Å². The zero-order valence-electron chi connectivity index (χ0n) is 12.5. The highest BCUT2D eigenvalue weighted by Gasteiger charge is 2.41. The van der Waals surface area contributed by atoms with E-state index in [2.05, 4.69) is 57.1 Å². The molecule has 0 aliphatic heterocycles. The predicted molar refractivity (Wildman–Crippen MR) is 79.3 cm³/mol. The van der Waals surface area contributed by atoms with Gasteiger partial charge in [-0.25, -0.2) is 0 Å². The van der Waals surface area contributed by atoms with Crippen LogP contribution in [0, 0.1) is 0 Å². The quantitative estimate of drug-likeness (QED) is 0.751. The maximum absolute atomic E-state index is 4.51. The van der Waals surface area contributed by atoms with Crippen LogP contribution >= 0.6 is 0 Å². The molecular formula is C17H22N2. The second kappa shape index (κ2) is 3.72. The van der Waals surface area contributed by atoms with Crippen LogP contribution < -0.4 is 0 Å². The summed E-state index contributed by atoms with van der Waals surface area (Å²) in [4.78, 5) is 0. The Hall–Kier alpha value is -1.57. The third kappa shape index (κ3) is 1.90. The summed E-state index contributed by atoms with van der Waals surface area (Å²) in [5.41, 5.74) is 5.80. The maximum atomic E-state index is 4.51. The molecule has 1 aliphatic carbocycles. The number of nitrogens with zero attached hydrogens (tertiary/aromatic N) is 2. The number of benzene rings is 1. The van der Waals surface area contributed by atoms with Gasteiger partial charge in [-0.1, -0.05) is 39.8 Å². The van der Waals surface area contributed by atoms with Crippen LogP contribution in [-0.2, 0) is 17.9 Å². The minimum atomic E-state index is 0.254.